The molecule has 0 unspecified atom stereocenters. The van der Waals surface area contributed by atoms with Crippen molar-refractivity contribution < 1.29 is 9.90 Å². The summed E-state index contributed by atoms with van der Waals surface area (Å²) in [4.78, 5) is 12.2. The SMILES string of the molecule is Cc1ccc(Br)cc1C(=O)Nc1ccc(O)cc1N. The van der Waals surface area contributed by atoms with Gasteiger partial charge in [0.1, 0.15) is 5.75 Å². The first kappa shape index (κ1) is 13.4. The number of hydrogen-bond donors (Lipinski definition) is 3. The van der Waals surface area contributed by atoms with Gasteiger partial charge in [0.25, 0.3) is 5.91 Å². The van der Waals surface area contributed by atoms with E-state index in [1.165, 1.54) is 12.1 Å². The van der Waals surface area contributed by atoms with Crippen molar-refractivity contribution >= 4 is 33.2 Å². The van der Waals surface area contributed by atoms with E-state index in [1.807, 2.05) is 19.1 Å². The van der Waals surface area contributed by atoms with Gasteiger partial charge in [-0.3, -0.25) is 4.79 Å². The molecule has 0 heterocycles. The van der Waals surface area contributed by atoms with Crippen molar-refractivity contribution in [1.82, 2.24) is 0 Å². The van der Waals surface area contributed by atoms with Crippen LogP contribution in [0, 0.1) is 6.92 Å². The highest BCUT2D eigenvalue weighted by molar-refractivity contribution is 9.10. The van der Waals surface area contributed by atoms with Gasteiger partial charge in [-0.25, -0.2) is 0 Å². The molecule has 5 heteroatoms. The third kappa shape index (κ3) is 3.06. The standard InChI is InChI=1S/C14H13BrN2O2/c1-8-2-3-9(15)6-11(8)14(19)17-13-5-4-10(18)7-12(13)16/h2-7,18H,16H2,1H3,(H,17,19). The van der Waals surface area contributed by atoms with Gasteiger partial charge in [0, 0.05) is 16.1 Å². The van der Waals surface area contributed by atoms with Crippen LogP contribution in [0.4, 0.5) is 11.4 Å². The Labute approximate surface area is 119 Å². The number of hydrogen-bond acceptors (Lipinski definition) is 3. The summed E-state index contributed by atoms with van der Waals surface area (Å²) < 4.78 is 0.835. The molecule has 0 aliphatic rings. The summed E-state index contributed by atoms with van der Waals surface area (Å²) >= 11 is 3.34. The molecule has 0 saturated heterocycles. The van der Waals surface area contributed by atoms with Crippen LogP contribution in [0.5, 0.6) is 5.75 Å². The molecule has 0 aromatic heterocycles. The summed E-state index contributed by atoms with van der Waals surface area (Å²) in [7, 11) is 0. The molecule has 2 rings (SSSR count). The molecule has 2 aromatic rings. The number of carbonyl (C=O) groups excluding carboxylic acids is 1. The topological polar surface area (TPSA) is 75.3 Å². The second-order valence-electron chi connectivity index (χ2n) is 4.18. The van der Waals surface area contributed by atoms with Crippen LogP contribution in [0.3, 0.4) is 0 Å². The lowest BCUT2D eigenvalue weighted by molar-refractivity contribution is 0.102. The normalized spacial score (nSPS) is 10.2. The molecular weight excluding hydrogens is 308 g/mol. The third-order valence-corrected chi connectivity index (χ3v) is 3.22. The largest absolute Gasteiger partial charge is 0.508 e. The minimum Gasteiger partial charge on any atom is -0.508 e. The number of nitrogens with one attached hydrogen (secondary N) is 1. The molecule has 98 valence electrons. The number of amides is 1. The summed E-state index contributed by atoms with van der Waals surface area (Å²) in [6.07, 6.45) is 0. The Balaban J connectivity index is 2.28. The first-order valence-electron chi connectivity index (χ1n) is 5.63. The molecule has 0 bridgehead atoms. The minimum atomic E-state index is -0.240. The van der Waals surface area contributed by atoms with Crippen molar-refractivity contribution in [3.05, 3.63) is 52.0 Å². The van der Waals surface area contributed by atoms with Gasteiger partial charge in [0.05, 0.1) is 11.4 Å². The van der Waals surface area contributed by atoms with Crippen LogP contribution in [0.25, 0.3) is 0 Å². The van der Waals surface area contributed by atoms with Gasteiger partial charge in [-0.1, -0.05) is 22.0 Å². The zero-order chi connectivity index (χ0) is 14.0. The van der Waals surface area contributed by atoms with Crippen molar-refractivity contribution in [1.29, 1.82) is 0 Å². The fraction of sp³-hybridized carbons (Fsp3) is 0.0714. The average Bonchev–Trinajstić information content (AvgIpc) is 2.35. The Morgan fingerprint density at radius 3 is 2.68 bits per heavy atom. The van der Waals surface area contributed by atoms with Crippen LogP contribution in [-0.4, -0.2) is 11.0 Å². The molecule has 0 radical (unpaired) electrons. The number of carbonyl (C=O) groups is 1. The van der Waals surface area contributed by atoms with Gasteiger partial charge in [0.15, 0.2) is 0 Å². The number of phenols is 1. The number of anilines is 2. The predicted octanol–water partition coefficient (Wildman–Crippen LogP) is 3.30. The average molecular weight is 321 g/mol. The van der Waals surface area contributed by atoms with Crippen LogP contribution in [0.1, 0.15) is 15.9 Å². The van der Waals surface area contributed by atoms with Crippen LogP contribution >= 0.6 is 15.9 Å². The predicted molar refractivity (Wildman–Crippen MR) is 79.4 cm³/mol. The van der Waals surface area contributed by atoms with Gasteiger partial charge in [-0.15, -0.1) is 0 Å². The van der Waals surface area contributed by atoms with Gasteiger partial charge in [-0.05, 0) is 36.8 Å². The van der Waals surface area contributed by atoms with E-state index in [-0.39, 0.29) is 11.7 Å². The van der Waals surface area contributed by atoms with E-state index in [9.17, 15) is 9.90 Å². The number of nitrogen functional groups attached to an aromatic ring is 1. The smallest absolute Gasteiger partial charge is 0.256 e. The maximum Gasteiger partial charge on any atom is 0.256 e. The second kappa shape index (κ2) is 5.32. The van der Waals surface area contributed by atoms with E-state index in [0.29, 0.717) is 16.9 Å². The van der Waals surface area contributed by atoms with E-state index >= 15 is 0 Å². The maximum absolute atomic E-state index is 12.2. The Hall–Kier alpha value is -2.01. The van der Waals surface area contributed by atoms with Crippen LogP contribution < -0.4 is 11.1 Å². The van der Waals surface area contributed by atoms with E-state index in [4.69, 9.17) is 5.73 Å². The summed E-state index contributed by atoms with van der Waals surface area (Å²) in [5.74, 6) is -0.176. The monoisotopic (exact) mass is 320 g/mol. The van der Waals surface area contributed by atoms with Crippen LogP contribution in [-0.2, 0) is 0 Å². The first-order valence-corrected chi connectivity index (χ1v) is 6.42. The molecular formula is C14H13BrN2O2. The Morgan fingerprint density at radius 2 is 2.00 bits per heavy atom. The fourth-order valence-corrected chi connectivity index (χ4v) is 2.05. The lowest BCUT2D eigenvalue weighted by Crippen LogP contribution is -2.14. The van der Waals surface area contributed by atoms with Gasteiger partial charge in [-0.2, -0.15) is 0 Å². The molecule has 0 aliphatic heterocycles. The van der Waals surface area contributed by atoms with Crippen molar-refractivity contribution in [2.45, 2.75) is 6.92 Å². The second-order valence-corrected chi connectivity index (χ2v) is 5.10. The lowest BCUT2D eigenvalue weighted by atomic mass is 10.1. The van der Waals surface area contributed by atoms with E-state index < -0.39 is 0 Å². The number of aryl methyl sites for hydroxylation is 1. The number of phenolic OH excluding ortho intramolecular Hbond substituents is 1. The lowest BCUT2D eigenvalue weighted by Gasteiger charge is -2.10. The maximum atomic E-state index is 12.2. The summed E-state index contributed by atoms with van der Waals surface area (Å²) in [5.41, 5.74) is 7.97. The molecule has 0 atom stereocenters. The fourth-order valence-electron chi connectivity index (χ4n) is 1.69. The molecule has 4 nitrogen and oxygen atoms in total. The van der Waals surface area contributed by atoms with Crippen molar-refractivity contribution in [2.24, 2.45) is 0 Å². The Kier molecular flexibility index (Phi) is 3.76. The number of rotatable bonds is 2. The number of benzene rings is 2. The highest BCUT2D eigenvalue weighted by Crippen LogP contribution is 2.24. The Morgan fingerprint density at radius 1 is 1.26 bits per heavy atom. The summed E-state index contributed by atoms with van der Waals surface area (Å²) in [5, 5.41) is 12.0. The number of aromatic hydroxyl groups is 1. The summed E-state index contributed by atoms with van der Waals surface area (Å²) in [6, 6.07) is 9.92. The Bertz CT molecular complexity index is 641. The van der Waals surface area contributed by atoms with E-state index in [2.05, 4.69) is 21.2 Å². The molecule has 0 saturated carbocycles. The van der Waals surface area contributed by atoms with Crippen LogP contribution in [0.2, 0.25) is 0 Å². The zero-order valence-electron chi connectivity index (χ0n) is 10.3. The van der Waals surface area contributed by atoms with Gasteiger partial charge < -0.3 is 16.2 Å². The van der Waals surface area contributed by atoms with E-state index in [1.54, 1.807) is 12.1 Å². The third-order valence-electron chi connectivity index (χ3n) is 2.73. The highest BCUT2D eigenvalue weighted by Gasteiger charge is 2.11. The summed E-state index contributed by atoms with van der Waals surface area (Å²) in [6.45, 7) is 1.86. The number of nitrogens with two attached hydrogens (primary N) is 1. The van der Waals surface area contributed by atoms with Crippen molar-refractivity contribution in [3.63, 3.8) is 0 Å². The van der Waals surface area contributed by atoms with Crippen LogP contribution in [0.15, 0.2) is 40.9 Å². The molecule has 0 aliphatic carbocycles. The molecule has 2 aromatic carbocycles. The molecule has 4 N–H and O–H groups in total. The van der Waals surface area contributed by atoms with Crippen molar-refractivity contribution in [3.8, 4) is 5.75 Å². The quantitative estimate of drug-likeness (QED) is 0.587. The molecule has 0 spiro atoms. The highest BCUT2D eigenvalue weighted by atomic mass is 79.9. The zero-order valence-corrected chi connectivity index (χ0v) is 11.9. The van der Waals surface area contributed by atoms with E-state index in [0.717, 1.165) is 10.0 Å². The molecule has 1 amide bonds. The first-order chi connectivity index (χ1) is 8.97. The van der Waals surface area contributed by atoms with Gasteiger partial charge >= 0.3 is 0 Å². The van der Waals surface area contributed by atoms with Crippen molar-refractivity contribution in [2.75, 3.05) is 11.1 Å². The van der Waals surface area contributed by atoms with Gasteiger partial charge in [0.2, 0.25) is 0 Å². The number of halogens is 1. The minimum absolute atomic E-state index is 0.0640. The molecule has 19 heavy (non-hydrogen) atoms. The molecule has 0 fully saturated rings.